The second-order valence-corrected chi connectivity index (χ2v) is 7.69. The van der Waals surface area contributed by atoms with Crippen molar-refractivity contribution in [1.82, 2.24) is 15.1 Å². The lowest BCUT2D eigenvalue weighted by molar-refractivity contribution is -0.120. The van der Waals surface area contributed by atoms with Crippen LogP contribution in [0.4, 0.5) is 5.69 Å². The summed E-state index contributed by atoms with van der Waals surface area (Å²) in [4.78, 5) is 19.7. The zero-order valence-electron chi connectivity index (χ0n) is 15.1. The fraction of sp³-hybridized carbons (Fsp3) is 0.650. The largest absolute Gasteiger partial charge is 0.317 e. The molecule has 1 aromatic rings. The second kappa shape index (κ2) is 7.85. The summed E-state index contributed by atoms with van der Waals surface area (Å²) in [5.41, 5.74) is 2.43. The number of amides is 1. The van der Waals surface area contributed by atoms with Crippen molar-refractivity contribution >= 4 is 11.6 Å². The summed E-state index contributed by atoms with van der Waals surface area (Å²) in [5.74, 6) is 1.12. The summed E-state index contributed by atoms with van der Waals surface area (Å²) in [6.45, 7) is 9.25. The maximum absolute atomic E-state index is 12.7. The Morgan fingerprint density at radius 2 is 1.72 bits per heavy atom. The molecule has 0 radical (unpaired) electrons. The van der Waals surface area contributed by atoms with Crippen LogP contribution < -0.4 is 10.2 Å². The van der Waals surface area contributed by atoms with Gasteiger partial charge in [-0.3, -0.25) is 9.69 Å². The molecule has 0 bridgehead atoms. The molecule has 1 N–H and O–H groups in total. The van der Waals surface area contributed by atoms with Crippen molar-refractivity contribution in [3.05, 3.63) is 29.8 Å². The minimum absolute atomic E-state index is 0.261. The second-order valence-electron chi connectivity index (χ2n) is 7.69. The van der Waals surface area contributed by atoms with Crippen LogP contribution >= 0.6 is 0 Å². The maximum atomic E-state index is 12.7. The van der Waals surface area contributed by atoms with Gasteiger partial charge in [0.2, 0.25) is 5.91 Å². The molecular formula is C20H30N4O. The number of para-hydroxylation sites is 1. The van der Waals surface area contributed by atoms with Gasteiger partial charge in [0.15, 0.2) is 0 Å². The number of nitrogens with zero attached hydrogens (tertiary/aromatic N) is 3. The molecule has 5 heteroatoms. The van der Waals surface area contributed by atoms with Crippen molar-refractivity contribution in [3.8, 4) is 0 Å². The molecular weight excluding hydrogens is 312 g/mol. The zero-order chi connectivity index (χ0) is 17.1. The van der Waals surface area contributed by atoms with Crippen molar-refractivity contribution < 1.29 is 4.79 Å². The van der Waals surface area contributed by atoms with Crippen molar-refractivity contribution in [3.63, 3.8) is 0 Å². The van der Waals surface area contributed by atoms with Gasteiger partial charge in [0, 0.05) is 45.0 Å². The minimum atomic E-state index is 0.261. The molecule has 0 saturated carbocycles. The minimum Gasteiger partial charge on any atom is -0.317 e. The van der Waals surface area contributed by atoms with E-state index in [4.69, 9.17) is 0 Å². The predicted octanol–water partition coefficient (Wildman–Crippen LogP) is 1.19. The van der Waals surface area contributed by atoms with E-state index in [0.717, 1.165) is 50.7 Å². The predicted molar refractivity (Wildman–Crippen MR) is 101 cm³/mol. The number of hydrogen-bond acceptors (Lipinski definition) is 4. The van der Waals surface area contributed by atoms with E-state index in [-0.39, 0.29) is 5.91 Å². The Kier molecular flexibility index (Phi) is 5.34. The summed E-state index contributed by atoms with van der Waals surface area (Å²) < 4.78 is 0. The van der Waals surface area contributed by atoms with Gasteiger partial charge in [-0.15, -0.1) is 0 Å². The first-order valence-corrected chi connectivity index (χ1v) is 9.83. The number of piperazine rings is 1. The van der Waals surface area contributed by atoms with Gasteiger partial charge in [-0.2, -0.15) is 0 Å². The summed E-state index contributed by atoms with van der Waals surface area (Å²) in [5, 5.41) is 3.45. The van der Waals surface area contributed by atoms with Crippen molar-refractivity contribution in [2.75, 3.05) is 63.8 Å². The lowest BCUT2D eigenvalue weighted by atomic mass is 9.97. The Hall–Kier alpha value is -1.43. The molecule has 136 valence electrons. The van der Waals surface area contributed by atoms with Crippen molar-refractivity contribution in [2.45, 2.75) is 19.3 Å². The molecule has 5 nitrogen and oxygen atoms in total. The van der Waals surface area contributed by atoms with Crippen molar-refractivity contribution in [1.29, 1.82) is 0 Å². The highest BCUT2D eigenvalue weighted by Gasteiger charge is 2.27. The average Bonchev–Trinajstić information content (AvgIpc) is 3.08. The molecule has 4 rings (SSSR count). The van der Waals surface area contributed by atoms with E-state index in [1.807, 2.05) is 11.0 Å². The molecule has 3 heterocycles. The van der Waals surface area contributed by atoms with Crippen LogP contribution in [0, 0.1) is 5.92 Å². The Balaban J connectivity index is 1.24. The number of nitrogens with one attached hydrogen (secondary N) is 1. The first-order chi connectivity index (χ1) is 12.3. The van der Waals surface area contributed by atoms with Gasteiger partial charge in [-0.05, 0) is 49.9 Å². The fourth-order valence-corrected chi connectivity index (χ4v) is 4.43. The van der Waals surface area contributed by atoms with E-state index in [1.165, 1.54) is 38.0 Å². The number of carbonyl (C=O) groups excluding carboxylic acids is 1. The summed E-state index contributed by atoms with van der Waals surface area (Å²) in [7, 11) is 0. The SMILES string of the molecule is O=C(CN1CCN(CC2CCNCC2)CC1)N1CCc2ccccc21. The number of piperidine rings is 1. The highest BCUT2D eigenvalue weighted by Crippen LogP contribution is 2.27. The molecule has 1 amide bonds. The van der Waals surface area contributed by atoms with Crippen LogP contribution in [0.3, 0.4) is 0 Å². The van der Waals surface area contributed by atoms with Crippen molar-refractivity contribution in [2.24, 2.45) is 5.92 Å². The summed E-state index contributed by atoms with van der Waals surface area (Å²) in [6.07, 6.45) is 3.62. The lowest BCUT2D eigenvalue weighted by Crippen LogP contribution is -2.51. The average molecular weight is 342 g/mol. The van der Waals surface area contributed by atoms with Crippen LogP contribution in [-0.2, 0) is 11.2 Å². The first kappa shape index (κ1) is 17.0. The highest BCUT2D eigenvalue weighted by atomic mass is 16.2. The lowest BCUT2D eigenvalue weighted by Gasteiger charge is -2.37. The smallest absolute Gasteiger partial charge is 0.241 e. The normalized spacial score (nSPS) is 23.0. The molecule has 0 spiro atoms. The van der Waals surface area contributed by atoms with Crippen LogP contribution in [0.1, 0.15) is 18.4 Å². The van der Waals surface area contributed by atoms with E-state index in [9.17, 15) is 4.79 Å². The van der Waals surface area contributed by atoms with Crippen LogP contribution in [0.15, 0.2) is 24.3 Å². The topological polar surface area (TPSA) is 38.8 Å². The van der Waals surface area contributed by atoms with Gasteiger partial charge >= 0.3 is 0 Å². The van der Waals surface area contributed by atoms with Gasteiger partial charge in [0.05, 0.1) is 6.54 Å². The summed E-state index contributed by atoms with van der Waals surface area (Å²) >= 11 is 0. The Bertz CT molecular complexity index is 591. The zero-order valence-corrected chi connectivity index (χ0v) is 15.1. The van der Waals surface area contributed by atoms with E-state index < -0.39 is 0 Å². The van der Waals surface area contributed by atoms with Crippen LogP contribution in [0.5, 0.6) is 0 Å². The number of fused-ring (bicyclic) bond motifs is 1. The number of benzene rings is 1. The van der Waals surface area contributed by atoms with E-state index >= 15 is 0 Å². The molecule has 0 atom stereocenters. The molecule has 0 unspecified atom stereocenters. The van der Waals surface area contributed by atoms with E-state index in [0.29, 0.717) is 6.54 Å². The maximum Gasteiger partial charge on any atom is 0.241 e. The molecule has 1 aromatic carbocycles. The summed E-state index contributed by atoms with van der Waals surface area (Å²) in [6, 6.07) is 8.32. The number of rotatable bonds is 4. The van der Waals surface area contributed by atoms with E-state index in [1.54, 1.807) is 0 Å². The van der Waals surface area contributed by atoms with Gasteiger partial charge in [-0.1, -0.05) is 18.2 Å². The molecule has 0 aromatic heterocycles. The highest BCUT2D eigenvalue weighted by molar-refractivity contribution is 5.96. The number of hydrogen-bond donors (Lipinski definition) is 1. The molecule has 2 fully saturated rings. The standard InChI is InChI=1S/C20H30N4O/c25-20(24-10-7-18-3-1-2-4-19(18)24)16-23-13-11-22(12-14-23)15-17-5-8-21-9-6-17/h1-4,17,21H,5-16H2. The van der Waals surface area contributed by atoms with Crippen LogP contribution in [-0.4, -0.2) is 74.6 Å². The third-order valence-electron chi connectivity index (χ3n) is 5.99. The van der Waals surface area contributed by atoms with Gasteiger partial charge in [0.25, 0.3) is 0 Å². The molecule has 0 aliphatic carbocycles. The third kappa shape index (κ3) is 4.05. The molecule has 3 aliphatic rings. The number of anilines is 1. The molecule has 25 heavy (non-hydrogen) atoms. The quantitative estimate of drug-likeness (QED) is 0.892. The molecule has 2 saturated heterocycles. The van der Waals surface area contributed by atoms with Crippen LogP contribution in [0.25, 0.3) is 0 Å². The monoisotopic (exact) mass is 342 g/mol. The Labute approximate surface area is 151 Å². The first-order valence-electron chi connectivity index (χ1n) is 9.83. The van der Waals surface area contributed by atoms with Gasteiger partial charge in [0.1, 0.15) is 0 Å². The Morgan fingerprint density at radius 3 is 2.52 bits per heavy atom. The molecule has 3 aliphatic heterocycles. The fourth-order valence-electron chi connectivity index (χ4n) is 4.43. The van der Waals surface area contributed by atoms with Gasteiger partial charge in [-0.25, -0.2) is 0 Å². The third-order valence-corrected chi connectivity index (χ3v) is 5.99. The van der Waals surface area contributed by atoms with Crippen LogP contribution in [0.2, 0.25) is 0 Å². The number of carbonyl (C=O) groups is 1. The van der Waals surface area contributed by atoms with Gasteiger partial charge < -0.3 is 15.1 Å². The van der Waals surface area contributed by atoms with E-state index in [2.05, 4.69) is 33.3 Å². The Morgan fingerprint density at radius 1 is 1.00 bits per heavy atom.